The van der Waals surface area contributed by atoms with Crippen molar-refractivity contribution >= 4 is 11.8 Å². The third-order valence-corrected chi connectivity index (χ3v) is 9.27. The number of tetrazole rings is 1. The summed E-state index contributed by atoms with van der Waals surface area (Å²) in [5, 5.41) is 14.6. The van der Waals surface area contributed by atoms with E-state index < -0.39 is 11.5 Å². The van der Waals surface area contributed by atoms with Crippen molar-refractivity contribution in [2.45, 2.75) is 39.3 Å². The van der Waals surface area contributed by atoms with Crippen LogP contribution in [0.5, 0.6) is 0 Å². The maximum atomic E-state index is 12.8. The molecule has 7 aromatic rings. The first-order chi connectivity index (χ1) is 26.0. The predicted molar refractivity (Wildman–Crippen MR) is 207 cm³/mol. The molecular weight excluding hydrogens is 659 g/mol. The van der Waals surface area contributed by atoms with Crippen LogP contribution < -0.4 is 4.90 Å². The molecule has 0 radical (unpaired) electrons. The molecule has 0 aliphatic carbocycles. The molecule has 53 heavy (non-hydrogen) atoms. The van der Waals surface area contributed by atoms with E-state index in [1.165, 1.54) is 0 Å². The van der Waals surface area contributed by atoms with Crippen LogP contribution in [0.4, 0.5) is 5.82 Å². The maximum absolute atomic E-state index is 12.8. The topological polar surface area (TPSA) is 98.9 Å². The van der Waals surface area contributed by atoms with E-state index in [-0.39, 0.29) is 6.61 Å². The Labute approximate surface area is 310 Å². The molecule has 0 saturated carbocycles. The third-order valence-electron chi connectivity index (χ3n) is 9.27. The second-order valence-corrected chi connectivity index (χ2v) is 12.8. The summed E-state index contributed by atoms with van der Waals surface area (Å²) in [5.41, 5.74) is 6.53. The average molecular weight is 700 g/mol. The highest BCUT2D eigenvalue weighted by Crippen LogP contribution is 2.40. The molecule has 2 aromatic heterocycles. The van der Waals surface area contributed by atoms with Crippen LogP contribution in [-0.2, 0) is 16.8 Å². The van der Waals surface area contributed by atoms with Crippen molar-refractivity contribution in [2.75, 3.05) is 18.1 Å². The summed E-state index contributed by atoms with van der Waals surface area (Å²) < 4.78 is 5.33. The fourth-order valence-corrected chi connectivity index (χ4v) is 6.87. The van der Waals surface area contributed by atoms with Crippen LogP contribution in [0.15, 0.2) is 146 Å². The largest absolute Gasteiger partial charge is 0.462 e. The zero-order valence-corrected chi connectivity index (χ0v) is 30.1. The zero-order valence-electron chi connectivity index (χ0n) is 30.1. The van der Waals surface area contributed by atoms with Gasteiger partial charge in [0.2, 0.25) is 5.82 Å². The first kappa shape index (κ1) is 34.9. The summed E-state index contributed by atoms with van der Waals surface area (Å²) in [5.74, 6) is 1.28. The molecule has 0 bridgehead atoms. The maximum Gasteiger partial charge on any atom is 0.343 e. The van der Waals surface area contributed by atoms with Gasteiger partial charge in [0.1, 0.15) is 17.2 Å². The summed E-state index contributed by atoms with van der Waals surface area (Å²) in [6.45, 7) is 7.29. The van der Waals surface area contributed by atoms with Crippen LogP contribution in [-0.4, -0.2) is 49.3 Å². The van der Waals surface area contributed by atoms with E-state index in [9.17, 15) is 4.79 Å². The van der Waals surface area contributed by atoms with Crippen molar-refractivity contribution in [3.05, 3.63) is 179 Å². The minimum atomic E-state index is -0.870. The number of anilines is 1. The minimum Gasteiger partial charge on any atom is -0.462 e. The second kappa shape index (κ2) is 15.8. The van der Waals surface area contributed by atoms with Crippen LogP contribution in [0.1, 0.15) is 58.7 Å². The van der Waals surface area contributed by atoms with Gasteiger partial charge in [0.25, 0.3) is 0 Å². The summed E-state index contributed by atoms with van der Waals surface area (Å²) in [4.78, 5) is 25.6. The first-order valence-corrected chi connectivity index (χ1v) is 17.9. The lowest BCUT2D eigenvalue weighted by Crippen LogP contribution is -2.39. The molecule has 7 rings (SSSR count). The Balaban J connectivity index is 1.25. The molecule has 0 N–H and O–H groups in total. The predicted octanol–water partition coefficient (Wildman–Crippen LogP) is 8.54. The molecule has 264 valence electrons. The number of esters is 1. The number of carbonyl (C=O) groups is 1. The molecule has 5 aromatic carbocycles. The van der Waals surface area contributed by atoms with Gasteiger partial charge in [-0.1, -0.05) is 146 Å². The number of carbonyl (C=O) groups excluding carboxylic acids is 1. The Morgan fingerprint density at radius 3 is 1.87 bits per heavy atom. The minimum absolute atomic E-state index is 0.280. The van der Waals surface area contributed by atoms with E-state index in [0.29, 0.717) is 36.1 Å². The van der Waals surface area contributed by atoms with Gasteiger partial charge in [0, 0.05) is 24.8 Å². The van der Waals surface area contributed by atoms with Crippen LogP contribution >= 0.6 is 0 Å². The zero-order chi connectivity index (χ0) is 36.6. The Morgan fingerprint density at radius 2 is 1.30 bits per heavy atom. The number of hydrogen-bond donors (Lipinski definition) is 0. The Bertz CT molecular complexity index is 2180. The monoisotopic (exact) mass is 699 g/mol. The van der Waals surface area contributed by atoms with Gasteiger partial charge in [-0.05, 0) is 58.9 Å². The first-order valence-electron chi connectivity index (χ1n) is 17.9. The number of nitrogens with zero attached hydrogens (tertiary/aromatic N) is 7. The van der Waals surface area contributed by atoms with Crippen molar-refractivity contribution in [2.24, 2.45) is 0 Å². The van der Waals surface area contributed by atoms with E-state index in [0.717, 1.165) is 45.4 Å². The standard InChI is InChI=1S/C44H41N7O2/c1-4-29-50(42-40(43(52)53-5-2)30-45-32(3)46-42)31-33-25-27-34(28-26-33)38-23-15-16-24-39(38)41-47-49-51(48-41)44(35-17-9-6-10-18-35,36-19-11-7-12-20-36)37-21-13-8-14-22-37/h6-28,30H,4-5,29,31H2,1-3H3. The van der Waals surface area contributed by atoms with Gasteiger partial charge >= 0.3 is 5.97 Å². The van der Waals surface area contributed by atoms with Crippen molar-refractivity contribution in [3.63, 3.8) is 0 Å². The number of rotatable bonds is 13. The fraction of sp³-hybridized carbons (Fsp3) is 0.182. The van der Waals surface area contributed by atoms with Crippen molar-refractivity contribution in [1.29, 1.82) is 0 Å². The molecule has 0 atom stereocenters. The van der Waals surface area contributed by atoms with Gasteiger partial charge in [-0.25, -0.2) is 14.8 Å². The van der Waals surface area contributed by atoms with Crippen LogP contribution in [0, 0.1) is 6.92 Å². The van der Waals surface area contributed by atoms with Crippen molar-refractivity contribution in [3.8, 4) is 22.5 Å². The Morgan fingerprint density at radius 1 is 0.736 bits per heavy atom. The number of aryl methyl sites for hydroxylation is 1. The lowest BCUT2D eigenvalue weighted by atomic mass is 9.77. The molecule has 0 amide bonds. The number of hydrogen-bond acceptors (Lipinski definition) is 8. The van der Waals surface area contributed by atoms with E-state index in [4.69, 9.17) is 20.1 Å². The van der Waals surface area contributed by atoms with E-state index >= 15 is 0 Å². The van der Waals surface area contributed by atoms with E-state index in [1.54, 1.807) is 17.9 Å². The number of aromatic nitrogens is 6. The molecule has 0 saturated heterocycles. The van der Waals surface area contributed by atoms with Gasteiger partial charge in [-0.15, -0.1) is 15.0 Å². The molecular formula is C44H41N7O2. The van der Waals surface area contributed by atoms with E-state index in [1.807, 2.05) is 79.7 Å². The molecule has 0 aliphatic heterocycles. The van der Waals surface area contributed by atoms with Crippen LogP contribution in [0.25, 0.3) is 22.5 Å². The van der Waals surface area contributed by atoms with Gasteiger partial charge in [-0.2, -0.15) is 0 Å². The SMILES string of the molecule is CCCN(Cc1ccc(-c2ccccc2-c2nnn(C(c3ccccc3)(c3ccccc3)c3ccccc3)n2)cc1)c1nc(C)ncc1C(=O)OCC. The normalized spacial score (nSPS) is 11.3. The molecule has 9 heteroatoms. The second-order valence-electron chi connectivity index (χ2n) is 12.8. The van der Waals surface area contributed by atoms with Crippen molar-refractivity contribution < 1.29 is 9.53 Å². The lowest BCUT2D eigenvalue weighted by molar-refractivity contribution is 0.0526. The number of ether oxygens (including phenoxy) is 1. The lowest BCUT2D eigenvalue weighted by Gasteiger charge is -2.34. The summed E-state index contributed by atoms with van der Waals surface area (Å²) >= 11 is 0. The van der Waals surface area contributed by atoms with Gasteiger partial charge in [0.05, 0.1) is 6.61 Å². The average Bonchev–Trinajstić information content (AvgIpc) is 3.70. The highest BCUT2D eigenvalue weighted by molar-refractivity contribution is 5.94. The fourth-order valence-electron chi connectivity index (χ4n) is 6.87. The van der Waals surface area contributed by atoms with Gasteiger partial charge in [0.15, 0.2) is 5.54 Å². The third kappa shape index (κ3) is 7.06. The molecule has 2 heterocycles. The highest BCUT2D eigenvalue weighted by atomic mass is 16.5. The van der Waals surface area contributed by atoms with Crippen LogP contribution in [0.3, 0.4) is 0 Å². The van der Waals surface area contributed by atoms with Gasteiger partial charge in [-0.3, -0.25) is 0 Å². The summed E-state index contributed by atoms with van der Waals surface area (Å²) in [7, 11) is 0. The van der Waals surface area contributed by atoms with Crippen LogP contribution in [0.2, 0.25) is 0 Å². The van der Waals surface area contributed by atoms with E-state index in [2.05, 4.69) is 88.5 Å². The Kier molecular flexibility index (Phi) is 10.4. The highest BCUT2D eigenvalue weighted by Gasteiger charge is 2.41. The van der Waals surface area contributed by atoms with Crippen molar-refractivity contribution in [1.82, 2.24) is 30.2 Å². The van der Waals surface area contributed by atoms with Gasteiger partial charge < -0.3 is 9.64 Å². The molecule has 9 nitrogen and oxygen atoms in total. The quantitative estimate of drug-likeness (QED) is 0.0873. The molecule has 0 fully saturated rings. The molecule has 0 aliphatic rings. The summed E-state index contributed by atoms with van der Waals surface area (Å²) in [6.07, 6.45) is 2.44. The molecule has 0 spiro atoms. The Hall–Kier alpha value is -6.48. The number of benzene rings is 5. The molecule has 0 unspecified atom stereocenters. The summed E-state index contributed by atoms with van der Waals surface area (Å²) in [6, 6.07) is 47.6. The smallest absolute Gasteiger partial charge is 0.343 e.